The average molecular weight is 489 g/mol. The Morgan fingerprint density at radius 3 is 2.55 bits per heavy atom. The quantitative estimate of drug-likeness (QED) is 0.274. The van der Waals surface area contributed by atoms with Gasteiger partial charge in [0.15, 0.2) is 11.4 Å². The van der Waals surface area contributed by atoms with Crippen LogP contribution in [0.1, 0.15) is 34.5 Å². The number of hydrogen-bond donors (Lipinski definition) is 6. The number of thiophene rings is 1. The highest BCUT2D eigenvalue weighted by Gasteiger charge is 2.36. The number of carbonyl (C=O) groups excluding carboxylic acids is 2. The topological polar surface area (TPSA) is 167 Å². The van der Waals surface area contributed by atoms with E-state index in [1.54, 1.807) is 22.9 Å². The van der Waals surface area contributed by atoms with Gasteiger partial charge < -0.3 is 37.2 Å². The van der Waals surface area contributed by atoms with Crippen LogP contribution in [-0.4, -0.2) is 45.6 Å². The molecule has 0 radical (unpaired) electrons. The Kier molecular flexibility index (Phi) is 6.63. The SMILES string of the molecule is NC(=O)C1(N)CCN(c2ccccc2NC(=O)c2csc(Nc3ccsc3C(O)O)n2)CC1. The standard InChI is InChI=1S/C21H24N6O4S2/c22-19(31)21(23)6-8-27(9-7-21)15-4-2-1-3-12(15)24-17(28)14-11-33-20(26-14)25-13-5-10-32-16(13)18(29)30/h1-5,10-11,18,29-30H,6-9,23H2,(H2,22,31)(H,24,28)(H,25,26). The molecule has 1 aliphatic rings. The van der Waals surface area contributed by atoms with Gasteiger partial charge in [0.1, 0.15) is 5.69 Å². The highest BCUT2D eigenvalue weighted by Crippen LogP contribution is 2.33. The summed E-state index contributed by atoms with van der Waals surface area (Å²) in [5.74, 6) is -0.874. The number of benzene rings is 1. The summed E-state index contributed by atoms with van der Waals surface area (Å²) in [6, 6.07) is 9.12. The van der Waals surface area contributed by atoms with Gasteiger partial charge in [-0.15, -0.1) is 22.7 Å². The fraction of sp³-hybridized carbons (Fsp3) is 0.286. The molecule has 0 spiro atoms. The van der Waals surface area contributed by atoms with E-state index < -0.39 is 17.7 Å². The number of para-hydroxylation sites is 2. The number of nitrogens with one attached hydrogen (secondary N) is 2. The molecular formula is C21H24N6O4S2. The summed E-state index contributed by atoms with van der Waals surface area (Å²) in [6.07, 6.45) is -0.730. The van der Waals surface area contributed by atoms with Gasteiger partial charge in [-0.3, -0.25) is 9.59 Å². The van der Waals surface area contributed by atoms with Gasteiger partial charge in [-0.25, -0.2) is 4.98 Å². The molecule has 1 fully saturated rings. The number of carbonyl (C=O) groups is 2. The summed E-state index contributed by atoms with van der Waals surface area (Å²) >= 11 is 2.44. The van der Waals surface area contributed by atoms with Crippen molar-refractivity contribution < 1.29 is 19.8 Å². The molecule has 8 N–H and O–H groups in total. The zero-order valence-corrected chi connectivity index (χ0v) is 19.2. The third-order valence-corrected chi connectivity index (χ3v) is 7.26. The van der Waals surface area contributed by atoms with Crippen LogP contribution in [0.4, 0.5) is 22.2 Å². The number of piperidine rings is 1. The van der Waals surface area contributed by atoms with E-state index in [1.165, 1.54) is 22.7 Å². The number of hydrogen-bond acceptors (Lipinski definition) is 10. The minimum Gasteiger partial charge on any atom is -0.370 e. The number of nitrogens with two attached hydrogens (primary N) is 2. The number of amides is 2. The zero-order chi connectivity index (χ0) is 23.6. The Hall–Kier alpha value is -3.03. The lowest BCUT2D eigenvalue weighted by molar-refractivity contribution is -0.123. The first-order valence-corrected chi connectivity index (χ1v) is 11.9. The molecule has 174 valence electrons. The number of thiazole rings is 1. The lowest BCUT2D eigenvalue weighted by Gasteiger charge is -2.38. The highest BCUT2D eigenvalue weighted by atomic mass is 32.1. The van der Waals surface area contributed by atoms with Gasteiger partial charge in [-0.1, -0.05) is 12.1 Å². The van der Waals surface area contributed by atoms with Gasteiger partial charge in [0.25, 0.3) is 5.91 Å². The van der Waals surface area contributed by atoms with Crippen LogP contribution in [0.2, 0.25) is 0 Å². The zero-order valence-electron chi connectivity index (χ0n) is 17.5. The van der Waals surface area contributed by atoms with Crippen molar-refractivity contribution in [1.82, 2.24) is 4.98 Å². The molecule has 1 aliphatic heterocycles. The molecule has 0 aliphatic carbocycles. The number of aromatic nitrogens is 1. The lowest BCUT2D eigenvalue weighted by atomic mass is 9.87. The molecule has 2 amide bonds. The van der Waals surface area contributed by atoms with Crippen LogP contribution in [0.15, 0.2) is 41.1 Å². The summed E-state index contributed by atoms with van der Waals surface area (Å²) in [7, 11) is 0. The van der Waals surface area contributed by atoms with Crippen molar-refractivity contribution in [3.05, 3.63) is 51.7 Å². The fourth-order valence-electron chi connectivity index (χ4n) is 3.61. The van der Waals surface area contributed by atoms with Gasteiger partial charge in [0.05, 0.1) is 27.5 Å². The molecule has 3 heterocycles. The van der Waals surface area contributed by atoms with E-state index in [2.05, 4.69) is 20.5 Å². The van der Waals surface area contributed by atoms with Gasteiger partial charge in [-0.05, 0) is 36.4 Å². The monoisotopic (exact) mass is 488 g/mol. The second-order valence-corrected chi connectivity index (χ2v) is 9.52. The minimum absolute atomic E-state index is 0.229. The molecule has 3 aromatic rings. The number of aliphatic hydroxyl groups is 2. The van der Waals surface area contributed by atoms with Crippen LogP contribution >= 0.6 is 22.7 Å². The summed E-state index contributed by atoms with van der Waals surface area (Å²) < 4.78 is 0. The van der Waals surface area contributed by atoms with Crippen molar-refractivity contribution in [3.63, 3.8) is 0 Å². The third kappa shape index (κ3) is 4.99. The number of anilines is 4. The first-order valence-electron chi connectivity index (χ1n) is 10.2. The molecule has 0 bridgehead atoms. The van der Waals surface area contributed by atoms with E-state index in [0.29, 0.717) is 47.3 Å². The average Bonchev–Trinajstić information content (AvgIpc) is 3.45. The van der Waals surface area contributed by atoms with E-state index >= 15 is 0 Å². The second-order valence-electron chi connectivity index (χ2n) is 7.71. The minimum atomic E-state index is -1.59. The molecule has 4 rings (SSSR count). The normalized spacial score (nSPS) is 15.5. The first kappa shape index (κ1) is 23.1. The largest absolute Gasteiger partial charge is 0.370 e. The van der Waals surface area contributed by atoms with Crippen LogP contribution in [-0.2, 0) is 4.79 Å². The van der Waals surface area contributed by atoms with Crippen molar-refractivity contribution in [1.29, 1.82) is 0 Å². The Morgan fingerprint density at radius 2 is 1.85 bits per heavy atom. The van der Waals surface area contributed by atoms with E-state index in [-0.39, 0.29) is 11.6 Å². The van der Waals surface area contributed by atoms with Crippen molar-refractivity contribution in [2.45, 2.75) is 24.7 Å². The van der Waals surface area contributed by atoms with Crippen LogP contribution in [0, 0.1) is 0 Å². The van der Waals surface area contributed by atoms with E-state index in [4.69, 9.17) is 11.5 Å². The van der Waals surface area contributed by atoms with Crippen LogP contribution < -0.4 is 27.0 Å². The third-order valence-electron chi connectivity index (χ3n) is 5.55. The number of rotatable bonds is 7. The van der Waals surface area contributed by atoms with Gasteiger partial charge >= 0.3 is 0 Å². The van der Waals surface area contributed by atoms with Gasteiger partial charge in [0.2, 0.25) is 5.91 Å². The predicted octanol–water partition coefficient (Wildman–Crippen LogP) is 1.97. The maximum atomic E-state index is 12.9. The maximum Gasteiger partial charge on any atom is 0.275 e. The Balaban J connectivity index is 1.45. The molecule has 2 aromatic heterocycles. The number of aliphatic hydroxyl groups excluding tert-OH is 1. The van der Waals surface area contributed by atoms with Gasteiger partial charge in [-0.2, -0.15) is 0 Å². The fourth-order valence-corrected chi connectivity index (χ4v) is 5.03. The second kappa shape index (κ2) is 9.45. The molecule has 0 unspecified atom stereocenters. The van der Waals surface area contributed by atoms with Gasteiger partial charge in [0, 0.05) is 18.5 Å². The molecule has 10 nitrogen and oxygen atoms in total. The van der Waals surface area contributed by atoms with Crippen molar-refractivity contribution >= 4 is 56.7 Å². The Bertz CT molecular complexity index is 1150. The highest BCUT2D eigenvalue weighted by molar-refractivity contribution is 7.14. The molecule has 33 heavy (non-hydrogen) atoms. The number of nitrogens with zero attached hydrogens (tertiary/aromatic N) is 2. The Labute approximate surface area is 197 Å². The van der Waals surface area contributed by atoms with Crippen molar-refractivity contribution in [2.75, 3.05) is 28.6 Å². The Morgan fingerprint density at radius 1 is 1.12 bits per heavy atom. The smallest absolute Gasteiger partial charge is 0.275 e. The molecular weight excluding hydrogens is 464 g/mol. The van der Waals surface area contributed by atoms with Crippen LogP contribution in [0.25, 0.3) is 0 Å². The van der Waals surface area contributed by atoms with Crippen molar-refractivity contribution in [2.24, 2.45) is 11.5 Å². The molecule has 1 saturated heterocycles. The first-order chi connectivity index (χ1) is 15.8. The number of primary amides is 1. The summed E-state index contributed by atoms with van der Waals surface area (Å²) in [5.41, 5.74) is 12.7. The lowest BCUT2D eigenvalue weighted by Crippen LogP contribution is -2.58. The summed E-state index contributed by atoms with van der Waals surface area (Å²) in [4.78, 5) is 31.2. The summed E-state index contributed by atoms with van der Waals surface area (Å²) in [6.45, 7) is 1.08. The van der Waals surface area contributed by atoms with E-state index in [9.17, 15) is 19.8 Å². The maximum absolute atomic E-state index is 12.9. The predicted molar refractivity (Wildman–Crippen MR) is 129 cm³/mol. The van der Waals surface area contributed by atoms with Crippen LogP contribution in [0.5, 0.6) is 0 Å². The molecule has 0 atom stereocenters. The van der Waals surface area contributed by atoms with Crippen LogP contribution in [0.3, 0.4) is 0 Å². The van der Waals surface area contributed by atoms with Crippen molar-refractivity contribution in [3.8, 4) is 0 Å². The molecule has 0 saturated carbocycles. The molecule has 1 aromatic carbocycles. The van der Waals surface area contributed by atoms with E-state index in [0.717, 1.165) is 5.69 Å². The summed E-state index contributed by atoms with van der Waals surface area (Å²) in [5, 5.41) is 28.6. The van der Waals surface area contributed by atoms with E-state index in [1.807, 2.05) is 18.2 Å². The molecule has 12 heteroatoms.